The number of benzene rings is 2. The molecule has 0 radical (unpaired) electrons. The number of furan rings is 1. The Labute approximate surface area is 168 Å². The van der Waals surface area contributed by atoms with Gasteiger partial charge in [0.15, 0.2) is 0 Å². The predicted octanol–water partition coefficient (Wildman–Crippen LogP) is 4.64. The summed E-state index contributed by atoms with van der Waals surface area (Å²) in [5.41, 5.74) is 5.37. The molecule has 1 aliphatic carbocycles. The fourth-order valence-corrected chi connectivity index (χ4v) is 3.82. The van der Waals surface area contributed by atoms with Crippen LogP contribution in [0.2, 0.25) is 0 Å². The molecule has 148 valence electrons. The number of amides is 1. The number of alkyl carbamates (subject to hydrolysis) is 1. The van der Waals surface area contributed by atoms with Crippen molar-refractivity contribution in [2.24, 2.45) is 0 Å². The molecule has 1 aliphatic rings. The number of carbonyl (C=O) groups excluding carboxylic acids is 1. The highest BCUT2D eigenvalue weighted by Crippen LogP contribution is 2.44. The Balaban J connectivity index is 1.47. The highest BCUT2D eigenvalue weighted by molar-refractivity contribution is 5.79. The lowest BCUT2D eigenvalue weighted by Crippen LogP contribution is -2.31. The first-order chi connectivity index (χ1) is 14.0. The van der Waals surface area contributed by atoms with Crippen LogP contribution in [0.15, 0.2) is 65.3 Å². The van der Waals surface area contributed by atoms with Crippen molar-refractivity contribution in [1.82, 2.24) is 5.32 Å². The number of carbonyl (C=O) groups is 2. The number of fused-ring (bicyclic) bond motifs is 3. The molecule has 2 aromatic carbocycles. The lowest BCUT2D eigenvalue weighted by molar-refractivity contribution is -0.137. The van der Waals surface area contributed by atoms with Gasteiger partial charge in [-0.15, -0.1) is 0 Å². The zero-order chi connectivity index (χ0) is 20.4. The van der Waals surface area contributed by atoms with Crippen molar-refractivity contribution < 1.29 is 23.8 Å². The molecule has 0 fully saturated rings. The van der Waals surface area contributed by atoms with Gasteiger partial charge in [0.2, 0.25) is 0 Å². The Morgan fingerprint density at radius 3 is 2.28 bits per heavy atom. The van der Waals surface area contributed by atoms with E-state index in [0.717, 1.165) is 27.8 Å². The molecule has 0 spiro atoms. The molecular formula is C23H21NO5. The Kier molecular flexibility index (Phi) is 5.08. The van der Waals surface area contributed by atoms with Crippen molar-refractivity contribution in [3.05, 3.63) is 83.3 Å². The maximum Gasteiger partial charge on any atom is 0.407 e. The number of carboxylic acids is 1. The lowest BCUT2D eigenvalue weighted by atomic mass is 9.98. The van der Waals surface area contributed by atoms with Gasteiger partial charge in [-0.2, -0.15) is 0 Å². The Morgan fingerprint density at radius 1 is 1.10 bits per heavy atom. The van der Waals surface area contributed by atoms with Gasteiger partial charge in [0.25, 0.3) is 0 Å². The van der Waals surface area contributed by atoms with Crippen LogP contribution < -0.4 is 5.32 Å². The van der Waals surface area contributed by atoms with E-state index in [9.17, 15) is 9.59 Å². The first-order valence-corrected chi connectivity index (χ1v) is 9.41. The maximum atomic E-state index is 12.4. The third kappa shape index (κ3) is 3.87. The van der Waals surface area contributed by atoms with E-state index in [-0.39, 0.29) is 18.9 Å². The average Bonchev–Trinajstić information content (AvgIpc) is 3.27. The van der Waals surface area contributed by atoms with Gasteiger partial charge in [0.05, 0.1) is 12.7 Å². The SMILES string of the molecule is Cc1coc(C(CC(=O)O)NC(=O)OCC2c3ccccc3-c3ccccc32)c1. The van der Waals surface area contributed by atoms with E-state index in [2.05, 4.69) is 17.4 Å². The van der Waals surface area contributed by atoms with Gasteiger partial charge in [-0.25, -0.2) is 4.79 Å². The third-order valence-electron chi connectivity index (χ3n) is 5.11. The highest BCUT2D eigenvalue weighted by Gasteiger charge is 2.29. The predicted molar refractivity (Wildman–Crippen MR) is 107 cm³/mol. The van der Waals surface area contributed by atoms with E-state index in [1.807, 2.05) is 43.3 Å². The van der Waals surface area contributed by atoms with Gasteiger partial charge in [-0.3, -0.25) is 4.79 Å². The summed E-state index contributed by atoms with van der Waals surface area (Å²) in [4.78, 5) is 23.6. The molecule has 0 saturated heterocycles. The van der Waals surface area contributed by atoms with Crippen LogP contribution in [-0.2, 0) is 9.53 Å². The summed E-state index contributed by atoms with van der Waals surface area (Å²) in [6.45, 7) is 2.00. The summed E-state index contributed by atoms with van der Waals surface area (Å²) in [5, 5.41) is 11.8. The molecule has 1 heterocycles. The van der Waals surface area contributed by atoms with Crippen LogP contribution in [-0.4, -0.2) is 23.8 Å². The van der Waals surface area contributed by atoms with E-state index in [1.165, 1.54) is 6.26 Å². The Bertz CT molecular complexity index is 1010. The van der Waals surface area contributed by atoms with Gasteiger partial charge in [0.1, 0.15) is 18.4 Å². The van der Waals surface area contributed by atoms with Crippen LogP contribution in [0.1, 0.15) is 40.8 Å². The van der Waals surface area contributed by atoms with E-state index in [4.69, 9.17) is 14.3 Å². The largest absolute Gasteiger partial charge is 0.481 e. The number of ether oxygens (including phenoxy) is 1. The Hall–Kier alpha value is -3.54. The fraction of sp³-hybridized carbons (Fsp3) is 0.217. The monoisotopic (exact) mass is 391 g/mol. The van der Waals surface area contributed by atoms with Crippen LogP contribution in [0.5, 0.6) is 0 Å². The summed E-state index contributed by atoms with van der Waals surface area (Å²) in [6, 6.07) is 17.1. The lowest BCUT2D eigenvalue weighted by Gasteiger charge is -2.17. The number of rotatable bonds is 6. The molecule has 4 rings (SSSR count). The van der Waals surface area contributed by atoms with Crippen molar-refractivity contribution >= 4 is 12.1 Å². The van der Waals surface area contributed by atoms with Crippen molar-refractivity contribution in [1.29, 1.82) is 0 Å². The van der Waals surface area contributed by atoms with Crippen molar-refractivity contribution in [2.75, 3.05) is 6.61 Å². The molecule has 1 aromatic heterocycles. The minimum atomic E-state index is -1.04. The number of aliphatic carboxylic acids is 1. The van der Waals surface area contributed by atoms with Crippen molar-refractivity contribution in [3.63, 3.8) is 0 Å². The van der Waals surface area contributed by atoms with E-state index < -0.39 is 18.1 Å². The second-order valence-corrected chi connectivity index (χ2v) is 7.15. The molecule has 6 nitrogen and oxygen atoms in total. The minimum Gasteiger partial charge on any atom is -0.481 e. The first kappa shape index (κ1) is 18.8. The molecule has 0 bridgehead atoms. The van der Waals surface area contributed by atoms with Gasteiger partial charge in [-0.1, -0.05) is 48.5 Å². The molecule has 0 saturated carbocycles. The van der Waals surface area contributed by atoms with E-state index in [0.29, 0.717) is 5.76 Å². The summed E-state index contributed by atoms with van der Waals surface area (Å²) >= 11 is 0. The highest BCUT2D eigenvalue weighted by atomic mass is 16.5. The zero-order valence-corrected chi connectivity index (χ0v) is 15.9. The topological polar surface area (TPSA) is 88.8 Å². The summed E-state index contributed by atoms with van der Waals surface area (Å²) < 4.78 is 10.9. The average molecular weight is 391 g/mol. The molecule has 1 atom stereocenters. The number of aryl methyl sites for hydroxylation is 1. The molecule has 6 heteroatoms. The molecular weight excluding hydrogens is 370 g/mol. The van der Waals surface area contributed by atoms with Gasteiger partial charge in [0, 0.05) is 5.92 Å². The van der Waals surface area contributed by atoms with E-state index >= 15 is 0 Å². The number of hydrogen-bond acceptors (Lipinski definition) is 4. The normalized spacial score (nSPS) is 13.4. The van der Waals surface area contributed by atoms with Crippen LogP contribution in [0, 0.1) is 6.92 Å². The van der Waals surface area contributed by atoms with Crippen LogP contribution in [0.25, 0.3) is 11.1 Å². The minimum absolute atomic E-state index is 0.0584. The molecule has 29 heavy (non-hydrogen) atoms. The fourth-order valence-electron chi connectivity index (χ4n) is 3.82. The zero-order valence-electron chi connectivity index (χ0n) is 15.9. The molecule has 2 N–H and O–H groups in total. The van der Waals surface area contributed by atoms with Gasteiger partial charge >= 0.3 is 12.1 Å². The molecule has 3 aromatic rings. The van der Waals surface area contributed by atoms with Gasteiger partial charge in [-0.05, 0) is 40.8 Å². The molecule has 1 amide bonds. The Morgan fingerprint density at radius 2 is 1.72 bits per heavy atom. The van der Waals surface area contributed by atoms with Crippen molar-refractivity contribution in [2.45, 2.75) is 25.3 Å². The van der Waals surface area contributed by atoms with Crippen LogP contribution in [0.3, 0.4) is 0 Å². The molecule has 1 unspecified atom stereocenters. The van der Waals surface area contributed by atoms with Crippen LogP contribution >= 0.6 is 0 Å². The second kappa shape index (κ2) is 7.83. The van der Waals surface area contributed by atoms with Crippen molar-refractivity contribution in [3.8, 4) is 11.1 Å². The maximum absolute atomic E-state index is 12.4. The third-order valence-corrected chi connectivity index (χ3v) is 5.11. The molecule has 0 aliphatic heterocycles. The summed E-state index contributed by atoms with van der Waals surface area (Å²) in [7, 11) is 0. The smallest absolute Gasteiger partial charge is 0.407 e. The van der Waals surface area contributed by atoms with Crippen LogP contribution in [0.4, 0.5) is 4.79 Å². The summed E-state index contributed by atoms with van der Waals surface area (Å²) in [6.07, 6.45) is 0.549. The number of carboxylic acid groups (broad SMARTS) is 1. The first-order valence-electron chi connectivity index (χ1n) is 9.41. The summed E-state index contributed by atoms with van der Waals surface area (Å²) in [5.74, 6) is -0.710. The number of hydrogen-bond donors (Lipinski definition) is 2. The standard InChI is InChI=1S/C23H21NO5/c1-14-10-21(28-12-14)20(11-22(25)26)24-23(27)29-13-19-17-8-4-2-6-15(17)16-7-3-5-9-18(16)19/h2-10,12,19-20H,11,13H2,1H3,(H,24,27)(H,25,26). The quantitative estimate of drug-likeness (QED) is 0.639. The number of nitrogens with one attached hydrogen (secondary N) is 1. The van der Waals surface area contributed by atoms with E-state index in [1.54, 1.807) is 6.07 Å². The van der Waals surface area contributed by atoms with Gasteiger partial charge < -0.3 is 19.6 Å². The second-order valence-electron chi connectivity index (χ2n) is 7.15.